The number of Topliss-reactive ketones (excluding diaryl/α,β-unsaturated/α-hetero) is 1. The van der Waals surface area contributed by atoms with Crippen LogP contribution >= 0.6 is 11.8 Å². The van der Waals surface area contributed by atoms with Gasteiger partial charge >= 0.3 is 0 Å². The maximum Gasteiger partial charge on any atom is 0.227 e. The van der Waals surface area contributed by atoms with Crippen LogP contribution in [0, 0.1) is 0 Å². The van der Waals surface area contributed by atoms with Crippen molar-refractivity contribution in [1.82, 2.24) is 14.8 Å². The van der Waals surface area contributed by atoms with E-state index < -0.39 is 0 Å². The summed E-state index contributed by atoms with van der Waals surface area (Å²) in [7, 11) is 0. The molecule has 1 aromatic carbocycles. The van der Waals surface area contributed by atoms with E-state index in [1.54, 1.807) is 11.8 Å². The minimum atomic E-state index is -0.257. The second-order valence-electron chi connectivity index (χ2n) is 7.48. The first-order valence-corrected chi connectivity index (χ1v) is 11.5. The molecule has 7 heteroatoms. The first-order valence-electron chi connectivity index (χ1n) is 10.6. The highest BCUT2D eigenvalue weighted by Crippen LogP contribution is 2.41. The zero-order valence-electron chi connectivity index (χ0n) is 17.1. The lowest BCUT2D eigenvalue weighted by atomic mass is 9.85. The summed E-state index contributed by atoms with van der Waals surface area (Å²) >= 11 is 1.65. The monoisotopic (exact) mass is 412 g/mol. The summed E-state index contributed by atoms with van der Waals surface area (Å²) in [6.45, 7) is 5.00. The number of fused-ring (bicyclic) bond motifs is 1. The largest absolute Gasteiger partial charge is 0.494 e. The molecule has 154 valence electrons. The van der Waals surface area contributed by atoms with Crippen LogP contribution in [-0.4, -0.2) is 32.9 Å². The van der Waals surface area contributed by atoms with Gasteiger partial charge < -0.3 is 10.1 Å². The summed E-state index contributed by atoms with van der Waals surface area (Å²) in [5.41, 5.74) is 2.84. The van der Waals surface area contributed by atoms with E-state index >= 15 is 0 Å². The fourth-order valence-electron chi connectivity index (χ4n) is 3.81. The van der Waals surface area contributed by atoms with Crippen LogP contribution in [0.15, 0.2) is 40.7 Å². The molecule has 1 unspecified atom stereocenters. The number of hydrogen-bond acceptors (Lipinski definition) is 6. The van der Waals surface area contributed by atoms with Gasteiger partial charge in [0.15, 0.2) is 5.78 Å². The molecule has 6 nitrogen and oxygen atoms in total. The number of carbonyl (C=O) groups excluding carboxylic acids is 1. The van der Waals surface area contributed by atoms with E-state index in [0.717, 1.165) is 71.5 Å². The number of allylic oxidation sites excluding steroid dienone is 2. The van der Waals surface area contributed by atoms with E-state index in [1.165, 1.54) is 0 Å². The van der Waals surface area contributed by atoms with Crippen LogP contribution < -0.4 is 10.1 Å². The number of rotatable bonds is 8. The lowest BCUT2D eigenvalue weighted by Gasteiger charge is -2.32. The third-order valence-electron chi connectivity index (χ3n) is 5.22. The number of nitrogens with one attached hydrogen (secondary N) is 1. The molecule has 0 fully saturated rings. The third kappa shape index (κ3) is 4.20. The zero-order chi connectivity index (χ0) is 20.2. The van der Waals surface area contributed by atoms with Gasteiger partial charge in [-0.2, -0.15) is 4.98 Å². The van der Waals surface area contributed by atoms with Gasteiger partial charge in [0, 0.05) is 23.4 Å². The van der Waals surface area contributed by atoms with Gasteiger partial charge in [-0.25, -0.2) is 4.68 Å². The maximum atomic E-state index is 12.9. The molecule has 0 bridgehead atoms. The SMILES string of the molecule is CCCCOc1cccc(C2C3=C(CCCC3=O)Nc3nc(SCCC)nn32)c1. The van der Waals surface area contributed by atoms with Crippen LogP contribution in [0.4, 0.5) is 5.95 Å². The van der Waals surface area contributed by atoms with Crippen molar-refractivity contribution in [1.29, 1.82) is 0 Å². The summed E-state index contributed by atoms with van der Waals surface area (Å²) in [5, 5.41) is 8.89. The van der Waals surface area contributed by atoms with Crippen molar-refractivity contribution >= 4 is 23.5 Å². The highest BCUT2D eigenvalue weighted by molar-refractivity contribution is 7.99. The quantitative estimate of drug-likeness (QED) is 0.487. The topological polar surface area (TPSA) is 69.0 Å². The average Bonchev–Trinajstić information content (AvgIpc) is 3.14. The fourth-order valence-corrected chi connectivity index (χ4v) is 4.49. The molecule has 1 atom stereocenters. The van der Waals surface area contributed by atoms with E-state index in [2.05, 4.69) is 25.2 Å². The van der Waals surface area contributed by atoms with Gasteiger partial charge in [-0.15, -0.1) is 5.10 Å². The van der Waals surface area contributed by atoms with E-state index in [4.69, 9.17) is 14.8 Å². The molecule has 2 heterocycles. The van der Waals surface area contributed by atoms with E-state index in [9.17, 15) is 4.79 Å². The van der Waals surface area contributed by atoms with Crippen LogP contribution in [-0.2, 0) is 4.79 Å². The van der Waals surface area contributed by atoms with Gasteiger partial charge in [-0.05, 0) is 43.4 Å². The first kappa shape index (κ1) is 20.0. The zero-order valence-corrected chi connectivity index (χ0v) is 17.9. The molecular weight excluding hydrogens is 384 g/mol. The molecule has 1 aromatic heterocycles. The van der Waals surface area contributed by atoms with Crippen LogP contribution in [0.5, 0.6) is 5.75 Å². The predicted molar refractivity (Wildman–Crippen MR) is 116 cm³/mol. The Kier molecular flexibility index (Phi) is 6.23. The molecule has 1 aliphatic heterocycles. The van der Waals surface area contributed by atoms with Crippen molar-refractivity contribution in [2.24, 2.45) is 0 Å². The maximum absolute atomic E-state index is 12.9. The Balaban J connectivity index is 1.73. The van der Waals surface area contributed by atoms with Crippen molar-refractivity contribution in [2.75, 3.05) is 17.7 Å². The number of anilines is 1. The van der Waals surface area contributed by atoms with E-state index in [-0.39, 0.29) is 11.8 Å². The first-order chi connectivity index (χ1) is 14.2. The van der Waals surface area contributed by atoms with Crippen molar-refractivity contribution in [3.05, 3.63) is 41.1 Å². The van der Waals surface area contributed by atoms with E-state index in [0.29, 0.717) is 13.0 Å². The highest BCUT2D eigenvalue weighted by Gasteiger charge is 2.36. The Morgan fingerprint density at radius 2 is 2.17 bits per heavy atom. The Morgan fingerprint density at radius 3 is 3.00 bits per heavy atom. The molecule has 1 N–H and O–H groups in total. The standard InChI is InChI=1S/C22H28N4O2S/c1-3-5-12-28-16-9-6-8-15(14-16)20-19-17(10-7-11-18(19)27)23-21-24-22(25-26(20)21)29-13-4-2/h6,8-9,14,20H,3-5,7,10-13H2,1-2H3,(H,23,24,25). The molecule has 2 aliphatic rings. The molecule has 4 rings (SSSR count). The molecule has 0 amide bonds. The number of aromatic nitrogens is 3. The predicted octanol–water partition coefficient (Wildman–Crippen LogP) is 4.98. The molecule has 1 aliphatic carbocycles. The molecule has 0 radical (unpaired) electrons. The third-order valence-corrected chi connectivity index (χ3v) is 6.27. The van der Waals surface area contributed by atoms with Gasteiger partial charge in [0.1, 0.15) is 11.8 Å². The lowest BCUT2D eigenvalue weighted by Crippen LogP contribution is -2.31. The highest BCUT2D eigenvalue weighted by atomic mass is 32.2. The summed E-state index contributed by atoms with van der Waals surface area (Å²) in [6, 6.07) is 7.81. The van der Waals surface area contributed by atoms with Gasteiger partial charge in [0.2, 0.25) is 11.1 Å². The molecule has 2 aromatic rings. The lowest BCUT2D eigenvalue weighted by molar-refractivity contribution is -0.116. The Labute approximate surface area is 176 Å². The molecule has 0 saturated heterocycles. The fraction of sp³-hybridized carbons (Fsp3) is 0.500. The van der Waals surface area contributed by atoms with E-state index in [1.807, 2.05) is 22.9 Å². The minimum absolute atomic E-state index is 0.199. The van der Waals surface area contributed by atoms with Gasteiger partial charge in [0.05, 0.1) is 6.61 Å². The second kappa shape index (κ2) is 9.03. The summed E-state index contributed by atoms with van der Waals surface area (Å²) < 4.78 is 7.80. The average molecular weight is 413 g/mol. The number of unbranched alkanes of at least 4 members (excludes halogenated alkanes) is 1. The Hall–Kier alpha value is -2.28. The normalized spacial score (nSPS) is 18.3. The second-order valence-corrected chi connectivity index (χ2v) is 8.54. The molecular formula is C22H28N4O2S. The van der Waals surface area contributed by atoms with Crippen molar-refractivity contribution in [2.45, 2.75) is 63.6 Å². The van der Waals surface area contributed by atoms with Gasteiger partial charge in [0.25, 0.3) is 0 Å². The summed E-state index contributed by atoms with van der Waals surface area (Å²) in [6.07, 6.45) is 5.52. The number of ether oxygens (including phenoxy) is 1. The molecule has 29 heavy (non-hydrogen) atoms. The number of nitrogens with zero attached hydrogens (tertiary/aromatic N) is 3. The van der Waals surface area contributed by atoms with Crippen LogP contribution in [0.25, 0.3) is 0 Å². The Bertz CT molecular complexity index is 921. The van der Waals surface area contributed by atoms with Gasteiger partial charge in [-0.1, -0.05) is 44.2 Å². The van der Waals surface area contributed by atoms with Gasteiger partial charge in [-0.3, -0.25) is 4.79 Å². The smallest absolute Gasteiger partial charge is 0.227 e. The van der Waals surface area contributed by atoms with Crippen molar-refractivity contribution in [3.8, 4) is 5.75 Å². The van der Waals surface area contributed by atoms with Crippen LogP contribution in [0.2, 0.25) is 0 Å². The number of carbonyl (C=O) groups is 1. The molecule has 0 saturated carbocycles. The summed E-state index contributed by atoms with van der Waals surface area (Å²) in [4.78, 5) is 17.6. The number of benzene rings is 1. The number of thioether (sulfide) groups is 1. The van der Waals surface area contributed by atoms with Crippen molar-refractivity contribution in [3.63, 3.8) is 0 Å². The number of hydrogen-bond donors (Lipinski definition) is 1. The molecule has 0 spiro atoms. The van der Waals surface area contributed by atoms with Crippen molar-refractivity contribution < 1.29 is 9.53 Å². The van der Waals surface area contributed by atoms with Crippen LogP contribution in [0.1, 0.15) is 64.0 Å². The Morgan fingerprint density at radius 1 is 1.28 bits per heavy atom. The summed E-state index contributed by atoms with van der Waals surface area (Å²) in [5.74, 6) is 2.73. The minimum Gasteiger partial charge on any atom is -0.494 e. The number of ketones is 1. The van der Waals surface area contributed by atoms with Crippen LogP contribution in [0.3, 0.4) is 0 Å².